The molecule has 7 nitrogen and oxygen atoms in total. The zero-order chi connectivity index (χ0) is 19.4. The molecular formula is C20H20N4O3. The molecule has 1 aromatic carbocycles. The molecule has 0 spiro atoms. The van der Waals surface area contributed by atoms with Gasteiger partial charge in [0, 0.05) is 12.6 Å². The Kier molecular flexibility index (Phi) is 4.99. The monoisotopic (exact) mass is 364 g/mol. The number of hydrogen-bond acceptors (Lipinski definition) is 5. The van der Waals surface area contributed by atoms with Crippen molar-refractivity contribution >= 4 is 6.09 Å². The molecule has 0 aliphatic rings. The summed E-state index contributed by atoms with van der Waals surface area (Å²) in [5, 5.41) is 16.2. The Labute approximate surface area is 157 Å². The predicted octanol–water partition coefficient (Wildman–Crippen LogP) is 4.03. The molecule has 2 heterocycles. The van der Waals surface area contributed by atoms with Crippen LogP contribution in [0.3, 0.4) is 0 Å². The van der Waals surface area contributed by atoms with Gasteiger partial charge in [-0.25, -0.2) is 9.48 Å². The molecule has 0 bridgehead atoms. The van der Waals surface area contributed by atoms with Crippen molar-refractivity contribution in [2.45, 2.75) is 32.9 Å². The lowest BCUT2D eigenvalue weighted by molar-refractivity contribution is 0.0523. The summed E-state index contributed by atoms with van der Waals surface area (Å²) in [7, 11) is 0. The van der Waals surface area contributed by atoms with Gasteiger partial charge in [0.25, 0.3) is 0 Å². The second-order valence-electron chi connectivity index (χ2n) is 6.94. The third-order valence-electron chi connectivity index (χ3n) is 3.59. The van der Waals surface area contributed by atoms with Gasteiger partial charge in [0.1, 0.15) is 17.4 Å². The number of benzene rings is 1. The number of carbonyl (C=O) groups is 1. The van der Waals surface area contributed by atoms with Crippen LogP contribution < -0.4 is 5.32 Å². The minimum absolute atomic E-state index is 0.290. The van der Waals surface area contributed by atoms with E-state index in [2.05, 4.69) is 10.4 Å². The number of alkyl carbamates (subject to hydrolysis) is 1. The van der Waals surface area contributed by atoms with E-state index in [0.29, 0.717) is 23.7 Å². The molecule has 1 N–H and O–H groups in total. The van der Waals surface area contributed by atoms with Gasteiger partial charge >= 0.3 is 6.09 Å². The molecule has 0 saturated carbocycles. The first-order chi connectivity index (χ1) is 12.9. The lowest BCUT2D eigenvalue weighted by Crippen LogP contribution is -2.32. The van der Waals surface area contributed by atoms with E-state index < -0.39 is 11.7 Å². The van der Waals surface area contributed by atoms with Crippen LogP contribution in [0.15, 0.2) is 53.1 Å². The third-order valence-corrected chi connectivity index (χ3v) is 3.59. The van der Waals surface area contributed by atoms with E-state index in [1.54, 1.807) is 23.1 Å². The summed E-state index contributed by atoms with van der Waals surface area (Å²) >= 11 is 0. The fourth-order valence-electron chi connectivity index (χ4n) is 2.52. The number of ether oxygens (including phenoxy) is 1. The van der Waals surface area contributed by atoms with Gasteiger partial charge in [-0.3, -0.25) is 0 Å². The van der Waals surface area contributed by atoms with Crippen molar-refractivity contribution in [3.8, 4) is 23.2 Å². The highest BCUT2D eigenvalue weighted by molar-refractivity contribution is 5.67. The van der Waals surface area contributed by atoms with Crippen LogP contribution in [-0.4, -0.2) is 21.5 Å². The summed E-state index contributed by atoms with van der Waals surface area (Å²) in [5.74, 6) is 0.612. The van der Waals surface area contributed by atoms with E-state index in [-0.39, 0.29) is 0 Å². The molecule has 0 atom stereocenters. The number of amides is 1. The maximum atomic E-state index is 11.8. The number of hydrogen-bond donors (Lipinski definition) is 1. The van der Waals surface area contributed by atoms with Gasteiger partial charge in [0.2, 0.25) is 0 Å². The maximum Gasteiger partial charge on any atom is 0.407 e. The minimum atomic E-state index is -0.549. The Balaban J connectivity index is 1.83. The van der Waals surface area contributed by atoms with Gasteiger partial charge in [0.15, 0.2) is 11.5 Å². The molecule has 2 aromatic heterocycles. The van der Waals surface area contributed by atoms with Crippen LogP contribution in [0.4, 0.5) is 4.79 Å². The van der Waals surface area contributed by atoms with Crippen LogP contribution in [-0.2, 0) is 11.3 Å². The normalized spacial score (nSPS) is 11.0. The minimum Gasteiger partial charge on any atom is -0.463 e. The van der Waals surface area contributed by atoms with Crippen LogP contribution in [0, 0.1) is 11.3 Å². The second-order valence-corrected chi connectivity index (χ2v) is 6.94. The molecule has 0 aliphatic carbocycles. The van der Waals surface area contributed by atoms with Crippen molar-refractivity contribution in [2.24, 2.45) is 0 Å². The molecule has 0 aliphatic heterocycles. The number of aromatic nitrogens is 2. The lowest BCUT2D eigenvalue weighted by atomic mass is 10.2. The second kappa shape index (κ2) is 7.38. The van der Waals surface area contributed by atoms with Crippen molar-refractivity contribution in [2.75, 3.05) is 0 Å². The fourth-order valence-corrected chi connectivity index (χ4v) is 2.52. The summed E-state index contributed by atoms with van der Waals surface area (Å²) in [6, 6.07) is 14.8. The summed E-state index contributed by atoms with van der Waals surface area (Å²) in [6.07, 6.45) is 1.09. The number of nitrogens with zero attached hydrogens (tertiary/aromatic N) is 3. The number of furan rings is 1. The summed E-state index contributed by atoms with van der Waals surface area (Å²) in [5.41, 5.74) is 2.05. The van der Waals surface area contributed by atoms with Crippen molar-refractivity contribution in [3.63, 3.8) is 0 Å². The highest BCUT2D eigenvalue weighted by Gasteiger charge is 2.16. The quantitative estimate of drug-likeness (QED) is 0.754. The molecule has 0 unspecified atom stereocenters. The number of carbonyl (C=O) groups excluding carboxylic acids is 1. The maximum absolute atomic E-state index is 11.8. The topological polar surface area (TPSA) is 93.1 Å². The van der Waals surface area contributed by atoms with E-state index in [0.717, 1.165) is 11.3 Å². The Hall–Kier alpha value is -3.53. The van der Waals surface area contributed by atoms with E-state index in [4.69, 9.17) is 9.15 Å². The molecule has 27 heavy (non-hydrogen) atoms. The van der Waals surface area contributed by atoms with Gasteiger partial charge in [-0.15, -0.1) is 0 Å². The molecule has 0 saturated heterocycles. The highest BCUT2D eigenvalue weighted by Crippen LogP contribution is 2.24. The summed E-state index contributed by atoms with van der Waals surface area (Å²) < 4.78 is 12.3. The smallest absolute Gasteiger partial charge is 0.407 e. The predicted molar refractivity (Wildman–Crippen MR) is 99.1 cm³/mol. The number of nitriles is 1. The lowest BCUT2D eigenvalue weighted by Gasteiger charge is -2.19. The van der Waals surface area contributed by atoms with Crippen molar-refractivity contribution < 1.29 is 13.9 Å². The zero-order valence-corrected chi connectivity index (χ0v) is 15.4. The van der Waals surface area contributed by atoms with Gasteiger partial charge in [0.05, 0.1) is 12.0 Å². The average Bonchev–Trinajstić information content (AvgIpc) is 3.27. The van der Waals surface area contributed by atoms with Crippen LogP contribution in [0.1, 0.15) is 32.0 Å². The van der Waals surface area contributed by atoms with Crippen molar-refractivity contribution in [1.82, 2.24) is 15.1 Å². The third kappa shape index (κ3) is 4.55. The number of nitrogens with one attached hydrogen (secondary N) is 1. The molecule has 1 amide bonds. The molecular weight excluding hydrogens is 344 g/mol. The van der Waals surface area contributed by atoms with E-state index in [1.165, 1.54) is 0 Å². The van der Waals surface area contributed by atoms with Gasteiger partial charge in [-0.1, -0.05) is 12.1 Å². The standard InChI is InChI=1S/C20H20N4O3/c1-20(2,3)27-19(25)22-13-14-6-4-7-16(10-14)24-17(11-15(12-21)23-24)18-8-5-9-26-18/h4-11H,13H2,1-3H3,(H,22,25). The van der Waals surface area contributed by atoms with Crippen molar-refractivity contribution in [1.29, 1.82) is 5.26 Å². The molecule has 3 aromatic rings. The van der Waals surface area contributed by atoms with E-state index in [1.807, 2.05) is 57.2 Å². The summed E-state index contributed by atoms with van der Waals surface area (Å²) in [6.45, 7) is 5.75. The first-order valence-corrected chi connectivity index (χ1v) is 8.46. The number of rotatable bonds is 4. The zero-order valence-electron chi connectivity index (χ0n) is 15.4. The Morgan fingerprint density at radius 3 is 2.78 bits per heavy atom. The molecule has 0 fully saturated rings. The van der Waals surface area contributed by atoms with Crippen LogP contribution in [0.25, 0.3) is 17.1 Å². The molecule has 3 rings (SSSR count). The Morgan fingerprint density at radius 2 is 2.11 bits per heavy atom. The van der Waals surface area contributed by atoms with Crippen molar-refractivity contribution in [3.05, 3.63) is 60.0 Å². The fraction of sp³-hybridized carbons (Fsp3) is 0.250. The summed E-state index contributed by atoms with van der Waals surface area (Å²) in [4.78, 5) is 11.8. The average molecular weight is 364 g/mol. The van der Waals surface area contributed by atoms with Gasteiger partial charge < -0.3 is 14.5 Å². The molecule has 138 valence electrons. The van der Waals surface area contributed by atoms with Gasteiger partial charge in [-0.2, -0.15) is 10.4 Å². The first kappa shape index (κ1) is 18.3. The first-order valence-electron chi connectivity index (χ1n) is 8.46. The Morgan fingerprint density at radius 1 is 1.30 bits per heavy atom. The Bertz CT molecular complexity index is 976. The van der Waals surface area contributed by atoms with Crippen LogP contribution >= 0.6 is 0 Å². The van der Waals surface area contributed by atoms with E-state index >= 15 is 0 Å². The largest absolute Gasteiger partial charge is 0.463 e. The van der Waals surface area contributed by atoms with Crippen LogP contribution in [0.2, 0.25) is 0 Å². The molecule has 0 radical (unpaired) electrons. The van der Waals surface area contributed by atoms with Gasteiger partial charge in [-0.05, 0) is 50.6 Å². The SMILES string of the molecule is CC(C)(C)OC(=O)NCc1cccc(-n2nc(C#N)cc2-c2ccco2)c1. The highest BCUT2D eigenvalue weighted by atomic mass is 16.6. The molecule has 7 heteroatoms. The van der Waals surface area contributed by atoms with E-state index in [9.17, 15) is 10.1 Å². The van der Waals surface area contributed by atoms with Crippen LogP contribution in [0.5, 0.6) is 0 Å².